The summed E-state index contributed by atoms with van der Waals surface area (Å²) in [7, 11) is 0. The molecule has 1 aromatic rings. The van der Waals surface area contributed by atoms with Crippen LogP contribution in [0.1, 0.15) is 18.4 Å². The Morgan fingerprint density at radius 3 is 2.80 bits per heavy atom. The summed E-state index contributed by atoms with van der Waals surface area (Å²) >= 11 is 0. The van der Waals surface area contributed by atoms with Gasteiger partial charge in [0.1, 0.15) is 0 Å². The summed E-state index contributed by atoms with van der Waals surface area (Å²) in [4.78, 5) is 0. The fraction of sp³-hybridized carbons (Fsp3) is 0.538. The molecule has 0 radical (unpaired) electrons. The van der Waals surface area contributed by atoms with E-state index in [1.54, 1.807) is 0 Å². The highest BCUT2D eigenvalue weighted by Crippen LogP contribution is 2.18. The molecule has 1 aliphatic rings. The summed E-state index contributed by atoms with van der Waals surface area (Å²) in [6.45, 7) is 1.38. The fourth-order valence-corrected chi connectivity index (χ4v) is 2.32. The summed E-state index contributed by atoms with van der Waals surface area (Å²) in [5, 5.41) is 12.7. The topological polar surface area (TPSA) is 32.3 Å². The average Bonchev–Trinajstić information content (AvgIpc) is 2.31. The molecule has 0 spiro atoms. The Balaban J connectivity index is 1.89. The number of hydrogen-bond donors (Lipinski definition) is 2. The molecule has 1 aliphatic heterocycles. The van der Waals surface area contributed by atoms with Gasteiger partial charge in [-0.05, 0) is 37.3 Å². The molecule has 0 amide bonds. The van der Waals surface area contributed by atoms with Gasteiger partial charge in [-0.2, -0.15) is 0 Å². The second kappa shape index (κ2) is 5.29. The lowest BCUT2D eigenvalue weighted by Gasteiger charge is -2.29. The van der Waals surface area contributed by atoms with E-state index in [2.05, 4.69) is 29.6 Å². The Kier molecular flexibility index (Phi) is 3.75. The van der Waals surface area contributed by atoms with Gasteiger partial charge >= 0.3 is 0 Å². The minimum Gasteiger partial charge on any atom is -0.396 e. The second-order valence-electron chi connectivity index (χ2n) is 4.41. The maximum absolute atomic E-state index is 9.15. The molecule has 2 atom stereocenters. The van der Waals surface area contributed by atoms with Crippen molar-refractivity contribution in [2.45, 2.75) is 25.3 Å². The van der Waals surface area contributed by atoms with E-state index in [4.69, 9.17) is 5.11 Å². The maximum atomic E-state index is 9.15. The molecule has 82 valence electrons. The zero-order chi connectivity index (χ0) is 10.5. The molecule has 1 aromatic carbocycles. The van der Waals surface area contributed by atoms with Crippen molar-refractivity contribution in [2.24, 2.45) is 5.92 Å². The minimum atomic E-state index is 0.340. The number of benzene rings is 1. The molecule has 0 saturated carbocycles. The summed E-state index contributed by atoms with van der Waals surface area (Å²) < 4.78 is 0. The SMILES string of the molecule is OCC1CCNC(Cc2ccccc2)C1. The Labute approximate surface area is 91.3 Å². The number of nitrogens with one attached hydrogen (secondary N) is 1. The van der Waals surface area contributed by atoms with Gasteiger partial charge in [0.05, 0.1) is 0 Å². The van der Waals surface area contributed by atoms with Crippen molar-refractivity contribution < 1.29 is 5.11 Å². The largest absolute Gasteiger partial charge is 0.396 e. The molecule has 2 nitrogen and oxygen atoms in total. The van der Waals surface area contributed by atoms with Gasteiger partial charge in [-0.15, -0.1) is 0 Å². The zero-order valence-corrected chi connectivity index (χ0v) is 9.02. The number of aliphatic hydroxyl groups is 1. The van der Waals surface area contributed by atoms with E-state index in [-0.39, 0.29) is 0 Å². The first kappa shape index (κ1) is 10.7. The van der Waals surface area contributed by atoms with E-state index in [1.165, 1.54) is 5.56 Å². The predicted molar refractivity (Wildman–Crippen MR) is 61.7 cm³/mol. The van der Waals surface area contributed by atoms with Crippen LogP contribution in [0.5, 0.6) is 0 Å². The summed E-state index contributed by atoms with van der Waals surface area (Å²) in [6, 6.07) is 11.1. The molecule has 1 saturated heterocycles. The number of hydrogen-bond acceptors (Lipinski definition) is 2. The van der Waals surface area contributed by atoms with Crippen LogP contribution < -0.4 is 5.32 Å². The van der Waals surface area contributed by atoms with E-state index in [0.29, 0.717) is 18.6 Å². The Morgan fingerprint density at radius 1 is 1.27 bits per heavy atom. The maximum Gasteiger partial charge on any atom is 0.0460 e. The highest BCUT2D eigenvalue weighted by atomic mass is 16.3. The van der Waals surface area contributed by atoms with Crippen LogP contribution in [0, 0.1) is 5.92 Å². The highest BCUT2D eigenvalue weighted by molar-refractivity contribution is 5.16. The Hall–Kier alpha value is -0.860. The van der Waals surface area contributed by atoms with Crippen LogP contribution in [0.3, 0.4) is 0 Å². The fourth-order valence-electron chi connectivity index (χ4n) is 2.32. The smallest absolute Gasteiger partial charge is 0.0460 e. The molecular formula is C13H19NO. The number of rotatable bonds is 3. The van der Waals surface area contributed by atoms with Crippen molar-refractivity contribution in [1.82, 2.24) is 5.32 Å². The quantitative estimate of drug-likeness (QED) is 0.785. The monoisotopic (exact) mass is 205 g/mol. The predicted octanol–water partition coefficient (Wildman–Crippen LogP) is 1.59. The first-order valence-electron chi connectivity index (χ1n) is 5.76. The molecule has 1 heterocycles. The molecule has 15 heavy (non-hydrogen) atoms. The summed E-state index contributed by atoms with van der Waals surface area (Å²) in [5.41, 5.74) is 1.38. The van der Waals surface area contributed by atoms with Crippen molar-refractivity contribution in [3.63, 3.8) is 0 Å². The molecule has 2 unspecified atom stereocenters. The molecule has 2 N–H and O–H groups in total. The van der Waals surface area contributed by atoms with Gasteiger partial charge in [0.25, 0.3) is 0 Å². The molecule has 0 bridgehead atoms. The van der Waals surface area contributed by atoms with Crippen LogP contribution in [0.4, 0.5) is 0 Å². The van der Waals surface area contributed by atoms with Crippen molar-refractivity contribution in [3.05, 3.63) is 35.9 Å². The normalized spacial score (nSPS) is 26.5. The third-order valence-electron chi connectivity index (χ3n) is 3.19. The van der Waals surface area contributed by atoms with Crippen LogP contribution in [0.2, 0.25) is 0 Å². The summed E-state index contributed by atoms with van der Waals surface area (Å²) in [6.07, 6.45) is 3.30. The van der Waals surface area contributed by atoms with Crippen LogP contribution in [0.15, 0.2) is 30.3 Å². The molecule has 1 fully saturated rings. The minimum absolute atomic E-state index is 0.340. The molecular weight excluding hydrogens is 186 g/mol. The van der Waals surface area contributed by atoms with Gasteiger partial charge in [-0.25, -0.2) is 0 Å². The second-order valence-corrected chi connectivity index (χ2v) is 4.41. The lowest BCUT2D eigenvalue weighted by Crippen LogP contribution is -2.40. The zero-order valence-electron chi connectivity index (χ0n) is 9.02. The van der Waals surface area contributed by atoms with E-state index in [0.717, 1.165) is 25.8 Å². The van der Waals surface area contributed by atoms with Crippen LogP contribution in [-0.2, 0) is 6.42 Å². The first-order valence-corrected chi connectivity index (χ1v) is 5.76. The van der Waals surface area contributed by atoms with Crippen molar-refractivity contribution >= 4 is 0 Å². The molecule has 0 aliphatic carbocycles. The van der Waals surface area contributed by atoms with E-state index in [9.17, 15) is 0 Å². The summed E-state index contributed by atoms with van der Waals surface area (Å²) in [5.74, 6) is 0.500. The molecule has 2 rings (SSSR count). The van der Waals surface area contributed by atoms with Gasteiger partial charge < -0.3 is 10.4 Å². The van der Waals surface area contributed by atoms with Gasteiger partial charge in [0.2, 0.25) is 0 Å². The van der Waals surface area contributed by atoms with E-state index in [1.807, 2.05) is 6.07 Å². The Morgan fingerprint density at radius 2 is 2.07 bits per heavy atom. The number of aliphatic hydroxyl groups excluding tert-OH is 1. The third kappa shape index (κ3) is 3.05. The van der Waals surface area contributed by atoms with Crippen molar-refractivity contribution in [3.8, 4) is 0 Å². The first-order chi connectivity index (χ1) is 7.38. The van der Waals surface area contributed by atoms with Crippen molar-refractivity contribution in [2.75, 3.05) is 13.2 Å². The van der Waals surface area contributed by atoms with Crippen LogP contribution >= 0.6 is 0 Å². The molecule has 0 aromatic heterocycles. The van der Waals surface area contributed by atoms with Gasteiger partial charge in [-0.3, -0.25) is 0 Å². The van der Waals surface area contributed by atoms with Crippen molar-refractivity contribution in [1.29, 1.82) is 0 Å². The molecule has 2 heteroatoms. The Bertz CT molecular complexity index is 286. The van der Waals surface area contributed by atoms with Gasteiger partial charge in [0, 0.05) is 12.6 Å². The lowest BCUT2D eigenvalue weighted by atomic mass is 9.90. The third-order valence-corrected chi connectivity index (χ3v) is 3.19. The van der Waals surface area contributed by atoms with Gasteiger partial charge in [-0.1, -0.05) is 30.3 Å². The lowest BCUT2D eigenvalue weighted by molar-refractivity contribution is 0.175. The average molecular weight is 205 g/mol. The van der Waals surface area contributed by atoms with Gasteiger partial charge in [0.15, 0.2) is 0 Å². The van der Waals surface area contributed by atoms with E-state index < -0.39 is 0 Å². The van der Waals surface area contributed by atoms with E-state index >= 15 is 0 Å². The van der Waals surface area contributed by atoms with Crippen LogP contribution in [-0.4, -0.2) is 24.3 Å². The van der Waals surface area contributed by atoms with Crippen LogP contribution in [0.25, 0.3) is 0 Å². The standard InChI is InChI=1S/C13H19NO/c15-10-12-6-7-14-13(9-12)8-11-4-2-1-3-5-11/h1-5,12-15H,6-10H2. The number of piperidine rings is 1. The highest BCUT2D eigenvalue weighted by Gasteiger charge is 2.20.